The van der Waals surface area contributed by atoms with E-state index in [9.17, 15) is 0 Å². The number of rotatable bonds is 2. The van der Waals surface area contributed by atoms with Gasteiger partial charge in [-0.25, -0.2) is 0 Å². The van der Waals surface area contributed by atoms with Crippen molar-refractivity contribution in [1.82, 2.24) is 0 Å². The highest BCUT2D eigenvalue weighted by Gasteiger charge is 2.40. The highest BCUT2D eigenvalue weighted by Crippen LogP contribution is 2.41. The molecular formula is C14H21NO2S. The van der Waals surface area contributed by atoms with Crippen molar-refractivity contribution >= 4 is 11.3 Å². The SMILES string of the molecule is NC(c1ccsc1)C1CCOC2(CCOCC2)C1. The molecule has 2 N–H and O–H groups in total. The lowest BCUT2D eigenvalue weighted by Crippen LogP contribution is -2.46. The van der Waals surface area contributed by atoms with E-state index in [1.54, 1.807) is 11.3 Å². The molecule has 2 unspecified atom stereocenters. The zero-order valence-corrected chi connectivity index (χ0v) is 11.5. The average Bonchev–Trinajstić information content (AvgIpc) is 2.93. The van der Waals surface area contributed by atoms with Crippen LogP contribution in [0.4, 0.5) is 0 Å². The van der Waals surface area contributed by atoms with Gasteiger partial charge in [0.25, 0.3) is 0 Å². The smallest absolute Gasteiger partial charge is 0.0729 e. The molecule has 0 aromatic carbocycles. The van der Waals surface area contributed by atoms with Crippen molar-refractivity contribution in [2.75, 3.05) is 19.8 Å². The molecule has 2 atom stereocenters. The van der Waals surface area contributed by atoms with Gasteiger partial charge in [0.05, 0.1) is 5.60 Å². The van der Waals surface area contributed by atoms with Crippen LogP contribution in [0.3, 0.4) is 0 Å². The van der Waals surface area contributed by atoms with Gasteiger partial charge in [-0.2, -0.15) is 11.3 Å². The second kappa shape index (κ2) is 5.29. The van der Waals surface area contributed by atoms with E-state index < -0.39 is 0 Å². The maximum Gasteiger partial charge on any atom is 0.0729 e. The van der Waals surface area contributed by atoms with Crippen molar-refractivity contribution in [1.29, 1.82) is 0 Å². The van der Waals surface area contributed by atoms with E-state index in [0.29, 0.717) is 5.92 Å². The van der Waals surface area contributed by atoms with Crippen LogP contribution in [-0.2, 0) is 9.47 Å². The summed E-state index contributed by atoms with van der Waals surface area (Å²) in [6.45, 7) is 2.52. The van der Waals surface area contributed by atoms with Gasteiger partial charge in [-0.1, -0.05) is 0 Å². The third-order valence-corrected chi connectivity index (χ3v) is 5.07. The fourth-order valence-electron chi connectivity index (χ4n) is 3.20. The summed E-state index contributed by atoms with van der Waals surface area (Å²) in [4.78, 5) is 0. The molecule has 3 heterocycles. The highest BCUT2D eigenvalue weighted by atomic mass is 32.1. The van der Waals surface area contributed by atoms with Crippen LogP contribution in [0, 0.1) is 5.92 Å². The Morgan fingerprint density at radius 1 is 1.33 bits per heavy atom. The Bertz CT molecular complexity index is 368. The Morgan fingerprint density at radius 3 is 2.89 bits per heavy atom. The van der Waals surface area contributed by atoms with Crippen LogP contribution < -0.4 is 5.73 Å². The molecule has 0 saturated carbocycles. The first kappa shape index (κ1) is 12.6. The molecule has 18 heavy (non-hydrogen) atoms. The van der Waals surface area contributed by atoms with Gasteiger partial charge in [-0.3, -0.25) is 0 Å². The van der Waals surface area contributed by atoms with Crippen LogP contribution in [0.25, 0.3) is 0 Å². The van der Waals surface area contributed by atoms with E-state index in [4.69, 9.17) is 15.2 Å². The zero-order valence-electron chi connectivity index (χ0n) is 10.6. The Hall–Kier alpha value is -0.420. The average molecular weight is 267 g/mol. The van der Waals surface area contributed by atoms with Gasteiger partial charge in [-0.15, -0.1) is 0 Å². The summed E-state index contributed by atoms with van der Waals surface area (Å²) in [5.41, 5.74) is 7.76. The molecule has 2 aliphatic heterocycles. The molecule has 4 heteroatoms. The summed E-state index contributed by atoms with van der Waals surface area (Å²) in [5.74, 6) is 0.548. The number of hydrogen-bond donors (Lipinski definition) is 1. The molecule has 2 aliphatic rings. The Labute approximate surface area is 112 Å². The zero-order chi connectivity index (χ0) is 12.4. The predicted molar refractivity (Wildman–Crippen MR) is 72.7 cm³/mol. The Kier molecular flexibility index (Phi) is 3.71. The number of nitrogens with two attached hydrogens (primary N) is 1. The standard InChI is InChI=1S/C14H21NO2S/c15-13(12-2-8-18-10-12)11-1-5-17-14(9-11)3-6-16-7-4-14/h2,8,10-11,13H,1,3-7,9,15H2. The van der Waals surface area contributed by atoms with Crippen molar-refractivity contribution in [2.24, 2.45) is 11.7 Å². The van der Waals surface area contributed by atoms with Gasteiger partial charge in [0, 0.05) is 25.9 Å². The minimum Gasteiger partial charge on any atom is -0.381 e. The first-order valence-electron chi connectivity index (χ1n) is 6.78. The molecule has 0 aliphatic carbocycles. The van der Waals surface area contributed by atoms with Gasteiger partial charge in [0.1, 0.15) is 0 Å². The molecule has 0 radical (unpaired) electrons. The first-order chi connectivity index (χ1) is 8.79. The molecule has 3 rings (SSSR count). The summed E-state index contributed by atoms with van der Waals surface area (Å²) >= 11 is 1.73. The van der Waals surface area contributed by atoms with Crippen molar-refractivity contribution in [2.45, 2.75) is 37.3 Å². The van der Waals surface area contributed by atoms with Gasteiger partial charge in [0.15, 0.2) is 0 Å². The van der Waals surface area contributed by atoms with Gasteiger partial charge in [0.2, 0.25) is 0 Å². The number of hydrogen-bond acceptors (Lipinski definition) is 4. The monoisotopic (exact) mass is 267 g/mol. The van der Waals surface area contributed by atoms with E-state index >= 15 is 0 Å². The molecule has 2 fully saturated rings. The molecule has 100 valence electrons. The Morgan fingerprint density at radius 2 is 2.17 bits per heavy atom. The molecule has 0 amide bonds. The van der Waals surface area contributed by atoms with Gasteiger partial charge >= 0.3 is 0 Å². The lowest BCUT2D eigenvalue weighted by atomic mass is 9.77. The van der Waals surface area contributed by atoms with Gasteiger partial charge in [-0.05, 0) is 54.0 Å². The van der Waals surface area contributed by atoms with Crippen molar-refractivity contribution in [3.05, 3.63) is 22.4 Å². The predicted octanol–water partition coefficient (Wildman–Crippen LogP) is 2.72. The van der Waals surface area contributed by atoms with Crippen LogP contribution in [0.1, 0.15) is 37.3 Å². The van der Waals surface area contributed by atoms with E-state index in [0.717, 1.165) is 45.5 Å². The summed E-state index contributed by atoms with van der Waals surface area (Å²) < 4.78 is 11.5. The van der Waals surface area contributed by atoms with Crippen LogP contribution in [-0.4, -0.2) is 25.4 Å². The molecule has 1 aromatic heterocycles. The highest BCUT2D eigenvalue weighted by molar-refractivity contribution is 7.07. The minimum absolute atomic E-state index is 0.0504. The molecule has 0 bridgehead atoms. The van der Waals surface area contributed by atoms with Crippen molar-refractivity contribution < 1.29 is 9.47 Å². The second-order valence-electron chi connectivity index (χ2n) is 5.48. The van der Waals surface area contributed by atoms with Crippen LogP contribution in [0.2, 0.25) is 0 Å². The topological polar surface area (TPSA) is 44.5 Å². The van der Waals surface area contributed by atoms with Crippen molar-refractivity contribution in [3.8, 4) is 0 Å². The van der Waals surface area contributed by atoms with E-state index in [2.05, 4.69) is 16.8 Å². The maximum atomic E-state index is 6.42. The first-order valence-corrected chi connectivity index (χ1v) is 7.73. The number of ether oxygens (including phenoxy) is 2. The fraction of sp³-hybridized carbons (Fsp3) is 0.714. The van der Waals surface area contributed by atoms with Crippen LogP contribution in [0.5, 0.6) is 0 Å². The second-order valence-corrected chi connectivity index (χ2v) is 6.26. The molecule has 1 aromatic rings. The largest absolute Gasteiger partial charge is 0.381 e. The van der Waals surface area contributed by atoms with Crippen molar-refractivity contribution in [3.63, 3.8) is 0 Å². The molecule has 3 nitrogen and oxygen atoms in total. The van der Waals surface area contributed by atoms with Gasteiger partial charge < -0.3 is 15.2 Å². The minimum atomic E-state index is 0.0504. The quantitative estimate of drug-likeness (QED) is 0.896. The van der Waals surface area contributed by atoms with E-state index in [-0.39, 0.29) is 11.6 Å². The lowest BCUT2D eigenvalue weighted by molar-refractivity contribution is -0.149. The normalized spacial score (nSPS) is 29.3. The summed E-state index contributed by atoms with van der Waals surface area (Å²) in [5, 5.41) is 4.29. The summed E-state index contributed by atoms with van der Waals surface area (Å²) in [7, 11) is 0. The van der Waals surface area contributed by atoms with Crippen LogP contribution in [0.15, 0.2) is 16.8 Å². The summed E-state index contributed by atoms with van der Waals surface area (Å²) in [6, 6.07) is 2.32. The Balaban J connectivity index is 1.70. The molecule has 1 spiro atoms. The van der Waals surface area contributed by atoms with E-state index in [1.165, 1.54) is 5.56 Å². The third kappa shape index (κ3) is 2.48. The van der Waals surface area contributed by atoms with Crippen LogP contribution >= 0.6 is 11.3 Å². The van der Waals surface area contributed by atoms with E-state index in [1.807, 2.05) is 0 Å². The fourth-order valence-corrected chi connectivity index (χ4v) is 3.91. The number of thiophene rings is 1. The lowest BCUT2D eigenvalue weighted by Gasteiger charge is -2.44. The summed E-state index contributed by atoms with van der Waals surface area (Å²) in [6.07, 6.45) is 4.23. The molecule has 2 saturated heterocycles. The molecular weight excluding hydrogens is 246 g/mol. The third-order valence-electron chi connectivity index (χ3n) is 4.37. The maximum absolute atomic E-state index is 6.42.